The summed E-state index contributed by atoms with van der Waals surface area (Å²) < 4.78 is 23.1. The number of rotatable bonds is 46. The molecule has 3 unspecified atom stereocenters. The summed E-state index contributed by atoms with van der Waals surface area (Å²) in [7, 11) is 1.24. The number of carbonyl (C=O) groups is 1. The largest absolute Gasteiger partial charge is 0.756 e. The lowest BCUT2D eigenvalue weighted by Crippen LogP contribution is -2.45. The van der Waals surface area contributed by atoms with E-state index in [2.05, 4.69) is 43.5 Å². The molecule has 0 rings (SSSR count). The molecule has 0 bridgehead atoms. The quantitative estimate of drug-likeness (QED) is 0.0273. The third-order valence-corrected chi connectivity index (χ3v) is 12.3. The van der Waals surface area contributed by atoms with Gasteiger partial charge in [-0.3, -0.25) is 9.36 Å². The highest BCUT2D eigenvalue weighted by Gasteiger charge is 2.23. The molecule has 354 valence electrons. The van der Waals surface area contributed by atoms with E-state index in [4.69, 9.17) is 9.05 Å². The van der Waals surface area contributed by atoms with Gasteiger partial charge in [0.15, 0.2) is 0 Å². The average Bonchev–Trinajstić information content (AvgIpc) is 3.20. The number of hydrogen-bond acceptors (Lipinski definition) is 6. The fourth-order valence-corrected chi connectivity index (χ4v) is 8.03. The number of unbranched alkanes of at least 4 members (excludes halogenated alkanes) is 29. The van der Waals surface area contributed by atoms with Crippen LogP contribution in [0, 0.1) is 0 Å². The Hall–Kier alpha value is -1.28. The van der Waals surface area contributed by atoms with Crippen molar-refractivity contribution in [2.75, 3.05) is 40.9 Å². The minimum atomic E-state index is -4.59. The Morgan fingerprint density at radius 3 is 1.35 bits per heavy atom. The van der Waals surface area contributed by atoms with Crippen molar-refractivity contribution >= 4 is 13.7 Å². The summed E-state index contributed by atoms with van der Waals surface area (Å²) in [6, 6.07) is -0.905. The highest BCUT2D eigenvalue weighted by atomic mass is 31.2. The molecule has 0 saturated carbocycles. The molecule has 0 aromatic carbocycles. The Balaban J connectivity index is 4.13. The topological polar surface area (TPSA) is 108 Å². The first-order valence-corrected chi connectivity index (χ1v) is 26.8. The lowest BCUT2D eigenvalue weighted by molar-refractivity contribution is -0.870. The number of phosphoric acid groups is 1. The number of aliphatic hydroxyl groups is 1. The van der Waals surface area contributed by atoms with E-state index in [9.17, 15) is 19.4 Å². The molecule has 60 heavy (non-hydrogen) atoms. The minimum absolute atomic E-state index is 0.00826. The molecule has 2 N–H and O–H groups in total. The Kier molecular flexibility index (Phi) is 42.1. The van der Waals surface area contributed by atoms with Gasteiger partial charge in [0.1, 0.15) is 13.2 Å². The van der Waals surface area contributed by atoms with E-state index in [1.807, 2.05) is 27.2 Å². The van der Waals surface area contributed by atoms with Crippen molar-refractivity contribution in [3.8, 4) is 0 Å². The fourth-order valence-electron chi connectivity index (χ4n) is 7.30. The van der Waals surface area contributed by atoms with Gasteiger partial charge in [0, 0.05) is 6.42 Å². The Bertz CT molecular complexity index is 1070. The lowest BCUT2D eigenvalue weighted by atomic mass is 10.0. The number of phosphoric ester groups is 1. The van der Waals surface area contributed by atoms with Gasteiger partial charge in [-0.1, -0.05) is 217 Å². The minimum Gasteiger partial charge on any atom is -0.756 e. The maximum absolute atomic E-state index is 12.8. The monoisotopic (exact) mass is 867 g/mol. The first kappa shape index (κ1) is 58.7. The van der Waals surface area contributed by atoms with Crippen LogP contribution in [0.5, 0.6) is 0 Å². The molecular weight excluding hydrogens is 768 g/mol. The molecule has 1 amide bonds. The van der Waals surface area contributed by atoms with Crippen LogP contribution in [0.15, 0.2) is 36.5 Å². The number of quaternary nitrogens is 1. The van der Waals surface area contributed by atoms with Crippen molar-refractivity contribution in [1.29, 1.82) is 0 Å². The fraction of sp³-hybridized carbons (Fsp3) is 0.863. The van der Waals surface area contributed by atoms with Crippen LogP contribution in [0.25, 0.3) is 0 Å². The van der Waals surface area contributed by atoms with E-state index in [1.54, 1.807) is 6.08 Å². The second-order valence-electron chi connectivity index (χ2n) is 18.5. The van der Waals surface area contributed by atoms with Gasteiger partial charge in [-0.05, 0) is 44.9 Å². The molecule has 0 aliphatic carbocycles. The predicted molar refractivity (Wildman–Crippen MR) is 256 cm³/mol. The van der Waals surface area contributed by atoms with Crippen molar-refractivity contribution in [3.05, 3.63) is 36.5 Å². The molecule has 0 radical (unpaired) electrons. The molecule has 0 aromatic rings. The van der Waals surface area contributed by atoms with Crippen LogP contribution in [0.4, 0.5) is 0 Å². The summed E-state index contributed by atoms with van der Waals surface area (Å²) >= 11 is 0. The first-order chi connectivity index (χ1) is 29.0. The van der Waals surface area contributed by atoms with Crippen LogP contribution in [-0.2, 0) is 18.4 Å². The standard InChI is InChI=1S/C51H99N2O6P/c1-6-8-10-12-14-16-17-18-19-20-21-22-23-24-25-26-27-28-29-30-31-32-33-34-35-36-37-38-40-42-44-50(54)49(48-59-60(56,57)58-47-46-53(3,4)5)52-51(55)45-43-41-39-15-13-11-9-7-2/h32-33,36-37,42,44,49-50,54H,6-31,34-35,38-41,43,45-48H2,1-5H3,(H-,52,55,56,57)/b33-32+,37-36+,44-42+. The summed E-state index contributed by atoms with van der Waals surface area (Å²) in [5.74, 6) is -0.216. The zero-order valence-corrected chi connectivity index (χ0v) is 41.1. The van der Waals surface area contributed by atoms with Gasteiger partial charge in [0.2, 0.25) is 5.91 Å². The molecule has 9 heteroatoms. The van der Waals surface area contributed by atoms with Crippen LogP contribution in [0.2, 0.25) is 0 Å². The van der Waals surface area contributed by atoms with E-state index in [0.717, 1.165) is 44.9 Å². The molecule has 0 fully saturated rings. The lowest BCUT2D eigenvalue weighted by Gasteiger charge is -2.29. The van der Waals surface area contributed by atoms with Crippen molar-refractivity contribution in [1.82, 2.24) is 5.32 Å². The Morgan fingerprint density at radius 2 is 0.933 bits per heavy atom. The average molecular weight is 867 g/mol. The molecule has 8 nitrogen and oxygen atoms in total. The molecule has 0 saturated heterocycles. The number of likely N-dealkylation sites (N-methyl/N-ethyl adjacent to an activating group) is 1. The zero-order chi connectivity index (χ0) is 44.3. The van der Waals surface area contributed by atoms with Crippen LogP contribution in [-0.4, -0.2) is 68.5 Å². The van der Waals surface area contributed by atoms with Crippen LogP contribution >= 0.6 is 7.82 Å². The zero-order valence-electron chi connectivity index (χ0n) is 40.2. The number of hydrogen-bond donors (Lipinski definition) is 2. The highest BCUT2D eigenvalue weighted by Crippen LogP contribution is 2.38. The molecule has 0 heterocycles. The normalized spacial score (nSPS) is 14.4. The highest BCUT2D eigenvalue weighted by molar-refractivity contribution is 7.45. The number of amides is 1. The molecule has 0 aromatic heterocycles. The summed E-state index contributed by atoms with van der Waals surface area (Å²) in [6.45, 7) is 4.59. The molecule has 3 atom stereocenters. The maximum Gasteiger partial charge on any atom is 0.268 e. The van der Waals surface area contributed by atoms with Crippen molar-refractivity contribution in [2.45, 2.75) is 244 Å². The van der Waals surface area contributed by atoms with Crippen molar-refractivity contribution < 1.29 is 32.9 Å². The second kappa shape index (κ2) is 43.0. The van der Waals surface area contributed by atoms with Crippen LogP contribution in [0.1, 0.15) is 232 Å². The van der Waals surface area contributed by atoms with E-state index in [1.165, 1.54) is 167 Å². The second-order valence-corrected chi connectivity index (χ2v) is 19.9. The summed E-state index contributed by atoms with van der Waals surface area (Å²) in [5, 5.41) is 13.7. The summed E-state index contributed by atoms with van der Waals surface area (Å²) in [4.78, 5) is 25.2. The number of nitrogens with one attached hydrogen (secondary N) is 1. The van der Waals surface area contributed by atoms with E-state index in [-0.39, 0.29) is 12.5 Å². The molecule has 0 spiro atoms. The van der Waals surface area contributed by atoms with Gasteiger partial charge in [-0.25, -0.2) is 0 Å². The molecule has 0 aliphatic heterocycles. The first-order valence-electron chi connectivity index (χ1n) is 25.4. The smallest absolute Gasteiger partial charge is 0.268 e. The SMILES string of the molecule is CCCCCCCCCCCCCCCCCCCCCC/C=C/CC/C=C/CC/C=C/C(O)C(COP(=O)([O-])OCC[N+](C)(C)C)NC(=O)CCCCCCCCCC. The van der Waals surface area contributed by atoms with Crippen LogP contribution in [0.3, 0.4) is 0 Å². The van der Waals surface area contributed by atoms with Crippen molar-refractivity contribution in [2.24, 2.45) is 0 Å². The third kappa shape index (κ3) is 44.8. The number of aliphatic hydroxyl groups excluding tert-OH is 1. The summed E-state index contributed by atoms with van der Waals surface area (Å²) in [5.41, 5.74) is 0. The number of carbonyl (C=O) groups excluding carboxylic acids is 1. The molecular formula is C51H99N2O6P. The summed E-state index contributed by atoms with van der Waals surface area (Å²) in [6.07, 6.45) is 53.9. The number of nitrogens with zero attached hydrogens (tertiary/aromatic N) is 1. The molecule has 0 aliphatic rings. The van der Waals surface area contributed by atoms with E-state index in [0.29, 0.717) is 17.4 Å². The van der Waals surface area contributed by atoms with E-state index < -0.39 is 26.6 Å². The Labute approximate surface area is 372 Å². The van der Waals surface area contributed by atoms with Crippen molar-refractivity contribution in [3.63, 3.8) is 0 Å². The van der Waals surface area contributed by atoms with Gasteiger partial charge in [0.25, 0.3) is 7.82 Å². The van der Waals surface area contributed by atoms with E-state index >= 15 is 0 Å². The Morgan fingerprint density at radius 1 is 0.567 bits per heavy atom. The van der Waals surface area contributed by atoms with Gasteiger partial charge in [-0.15, -0.1) is 0 Å². The van der Waals surface area contributed by atoms with Gasteiger partial charge in [0.05, 0.1) is 39.9 Å². The number of allylic oxidation sites excluding steroid dienone is 5. The third-order valence-electron chi connectivity index (χ3n) is 11.3. The predicted octanol–water partition coefficient (Wildman–Crippen LogP) is 14.0. The van der Waals surface area contributed by atoms with Gasteiger partial charge < -0.3 is 28.8 Å². The van der Waals surface area contributed by atoms with Gasteiger partial charge in [-0.2, -0.15) is 0 Å². The maximum atomic E-state index is 12.8. The van der Waals surface area contributed by atoms with Crippen LogP contribution < -0.4 is 10.2 Å². The van der Waals surface area contributed by atoms with Gasteiger partial charge >= 0.3 is 0 Å².